The minimum absolute atomic E-state index is 0.321. The molecule has 0 aliphatic carbocycles. The zero-order valence-electron chi connectivity index (χ0n) is 18.8. The Hall–Kier alpha value is -4.03. The van der Waals surface area contributed by atoms with Gasteiger partial charge in [-0.2, -0.15) is 5.26 Å². The molecule has 1 saturated heterocycles. The number of hydrogen-bond donors (Lipinski definition) is 4. The molecule has 0 spiro atoms. The van der Waals surface area contributed by atoms with Crippen LogP contribution in [0.2, 0.25) is 0 Å². The van der Waals surface area contributed by atoms with Gasteiger partial charge in [0.15, 0.2) is 0 Å². The number of carboxylic acids is 2. The van der Waals surface area contributed by atoms with Crippen molar-refractivity contribution in [2.75, 3.05) is 37.6 Å². The molecule has 3 aromatic rings. The van der Waals surface area contributed by atoms with Crippen LogP contribution in [0.3, 0.4) is 0 Å². The zero-order valence-corrected chi connectivity index (χ0v) is 18.8. The lowest BCUT2D eigenvalue weighted by atomic mass is 10.1. The number of phenolic OH excluding ortho intramolecular Hbond substituents is 1. The number of nitriles is 1. The van der Waals surface area contributed by atoms with Gasteiger partial charge in [-0.05, 0) is 73.8 Å². The van der Waals surface area contributed by atoms with Crippen molar-refractivity contribution >= 4 is 28.5 Å². The summed E-state index contributed by atoms with van der Waals surface area (Å²) >= 11 is 0. The largest absolute Gasteiger partial charge is 0.508 e. The molecule has 0 saturated carbocycles. The van der Waals surface area contributed by atoms with Crippen molar-refractivity contribution in [3.8, 4) is 11.8 Å². The third-order valence-electron chi connectivity index (χ3n) is 5.84. The van der Waals surface area contributed by atoms with Crippen molar-refractivity contribution in [1.29, 1.82) is 5.26 Å². The topological polar surface area (TPSA) is 141 Å². The molecule has 1 fully saturated rings. The second-order valence-corrected chi connectivity index (χ2v) is 8.10. The molecular weight excluding hydrogens is 436 g/mol. The normalized spacial score (nSPS) is 13.7. The van der Waals surface area contributed by atoms with Crippen LogP contribution in [0.1, 0.15) is 24.0 Å². The van der Waals surface area contributed by atoms with E-state index in [-0.39, 0.29) is 0 Å². The molecule has 0 radical (unpaired) electrons. The van der Waals surface area contributed by atoms with Gasteiger partial charge in [0.1, 0.15) is 5.75 Å². The average molecular weight is 465 g/mol. The summed E-state index contributed by atoms with van der Waals surface area (Å²) in [4.78, 5) is 26.4. The fourth-order valence-corrected chi connectivity index (χ4v) is 4.00. The van der Waals surface area contributed by atoms with E-state index in [2.05, 4.69) is 27.0 Å². The minimum atomic E-state index is -1.82. The number of unbranched alkanes of at least 4 members (excludes halogenated alkanes) is 1. The number of H-pyrrole nitrogens is 1. The predicted molar refractivity (Wildman–Crippen MR) is 128 cm³/mol. The minimum Gasteiger partial charge on any atom is -0.508 e. The molecule has 2 heterocycles. The van der Waals surface area contributed by atoms with Crippen LogP contribution >= 0.6 is 0 Å². The van der Waals surface area contributed by atoms with Gasteiger partial charge in [-0.1, -0.05) is 0 Å². The summed E-state index contributed by atoms with van der Waals surface area (Å²) in [5.41, 5.74) is 4.33. The number of phenols is 1. The molecule has 4 rings (SSSR count). The van der Waals surface area contributed by atoms with Crippen LogP contribution in [0.5, 0.6) is 5.75 Å². The van der Waals surface area contributed by atoms with Gasteiger partial charge < -0.3 is 25.2 Å². The van der Waals surface area contributed by atoms with E-state index in [0.717, 1.165) is 56.6 Å². The third kappa shape index (κ3) is 6.73. The maximum absolute atomic E-state index is 9.43. The SMILES string of the molecule is N#Cc1ccc2[nH]cc(CCCCN3CCN(c4ccc(O)cc4)CC3)c2c1.O=C(O)C(=O)O. The van der Waals surface area contributed by atoms with Gasteiger partial charge >= 0.3 is 11.9 Å². The summed E-state index contributed by atoms with van der Waals surface area (Å²) in [6.45, 7) is 5.36. The number of aromatic nitrogens is 1. The van der Waals surface area contributed by atoms with E-state index in [0.29, 0.717) is 5.75 Å². The highest BCUT2D eigenvalue weighted by Gasteiger charge is 2.16. The van der Waals surface area contributed by atoms with Gasteiger partial charge in [0, 0.05) is 49.0 Å². The van der Waals surface area contributed by atoms with E-state index < -0.39 is 11.9 Å². The average Bonchev–Trinajstić information content (AvgIpc) is 3.25. The molecule has 9 nitrogen and oxygen atoms in total. The molecule has 0 unspecified atom stereocenters. The number of fused-ring (bicyclic) bond motifs is 1. The Labute approximate surface area is 197 Å². The highest BCUT2D eigenvalue weighted by molar-refractivity contribution is 6.27. The van der Waals surface area contributed by atoms with E-state index in [9.17, 15) is 5.11 Å². The number of carbonyl (C=O) groups is 2. The summed E-state index contributed by atoms with van der Waals surface area (Å²) in [6.07, 6.45) is 5.47. The molecule has 4 N–H and O–H groups in total. The fourth-order valence-electron chi connectivity index (χ4n) is 4.00. The zero-order chi connectivity index (χ0) is 24.5. The first-order valence-corrected chi connectivity index (χ1v) is 11.1. The molecule has 9 heteroatoms. The molecule has 0 bridgehead atoms. The number of aromatic hydroxyl groups is 1. The standard InChI is InChI=1S/C23H26N4O.C2H2O4/c24-16-18-4-9-23-22(15-18)19(17-25-23)3-1-2-10-26-11-13-27(14-12-26)20-5-7-21(28)8-6-20;3-1(4)2(5)6/h4-9,15,17,25,28H,1-3,10-14H2;(H,3,4)(H,5,6). The fraction of sp³-hybridized carbons (Fsp3) is 0.320. The molecule has 178 valence electrons. The van der Waals surface area contributed by atoms with Crippen LogP contribution in [-0.4, -0.2) is 69.9 Å². The second-order valence-electron chi connectivity index (χ2n) is 8.10. The van der Waals surface area contributed by atoms with Crippen molar-refractivity contribution in [1.82, 2.24) is 9.88 Å². The number of rotatable bonds is 6. The number of benzene rings is 2. The Morgan fingerprint density at radius 2 is 1.65 bits per heavy atom. The summed E-state index contributed by atoms with van der Waals surface area (Å²) in [7, 11) is 0. The molecule has 0 atom stereocenters. The van der Waals surface area contributed by atoms with Crippen LogP contribution in [0, 0.1) is 11.3 Å². The van der Waals surface area contributed by atoms with Crippen molar-refractivity contribution in [3.05, 3.63) is 59.8 Å². The Bertz CT molecular complexity index is 1150. The van der Waals surface area contributed by atoms with Crippen LogP contribution in [0.4, 0.5) is 5.69 Å². The van der Waals surface area contributed by atoms with E-state index in [1.165, 1.54) is 23.1 Å². The monoisotopic (exact) mass is 464 g/mol. The van der Waals surface area contributed by atoms with E-state index >= 15 is 0 Å². The Morgan fingerprint density at radius 3 is 2.26 bits per heavy atom. The summed E-state index contributed by atoms with van der Waals surface area (Å²) < 4.78 is 0. The number of aryl methyl sites for hydroxylation is 1. The molecule has 1 aliphatic rings. The number of aliphatic carboxylic acids is 2. The maximum atomic E-state index is 9.43. The number of hydrogen-bond acceptors (Lipinski definition) is 6. The van der Waals surface area contributed by atoms with Crippen molar-refractivity contribution in [3.63, 3.8) is 0 Å². The van der Waals surface area contributed by atoms with E-state index in [1.807, 2.05) is 30.3 Å². The van der Waals surface area contributed by atoms with Gasteiger partial charge in [0.2, 0.25) is 0 Å². The molecule has 0 amide bonds. The highest BCUT2D eigenvalue weighted by atomic mass is 16.4. The summed E-state index contributed by atoms with van der Waals surface area (Å²) in [5, 5.41) is 34.5. The van der Waals surface area contributed by atoms with Gasteiger partial charge in [0.05, 0.1) is 11.6 Å². The van der Waals surface area contributed by atoms with Crippen LogP contribution < -0.4 is 4.90 Å². The van der Waals surface area contributed by atoms with Crippen LogP contribution in [-0.2, 0) is 16.0 Å². The molecular formula is C25H28N4O5. The quantitative estimate of drug-likeness (QED) is 0.322. The first kappa shape index (κ1) is 24.6. The lowest BCUT2D eigenvalue weighted by molar-refractivity contribution is -0.159. The number of piperazine rings is 1. The molecule has 1 aromatic heterocycles. The first-order chi connectivity index (χ1) is 16.4. The molecule has 34 heavy (non-hydrogen) atoms. The van der Waals surface area contributed by atoms with Crippen molar-refractivity contribution in [2.45, 2.75) is 19.3 Å². The Kier molecular flexibility index (Phi) is 8.48. The Morgan fingerprint density at radius 1 is 0.971 bits per heavy atom. The second kappa shape index (κ2) is 11.7. The van der Waals surface area contributed by atoms with E-state index in [1.54, 1.807) is 12.1 Å². The smallest absolute Gasteiger partial charge is 0.414 e. The van der Waals surface area contributed by atoms with Crippen LogP contribution in [0.15, 0.2) is 48.7 Å². The molecule has 1 aliphatic heterocycles. The van der Waals surface area contributed by atoms with E-state index in [4.69, 9.17) is 25.1 Å². The number of nitrogens with one attached hydrogen (secondary N) is 1. The van der Waals surface area contributed by atoms with Gasteiger partial charge in [-0.3, -0.25) is 4.90 Å². The lowest BCUT2D eigenvalue weighted by Crippen LogP contribution is -2.46. The van der Waals surface area contributed by atoms with Gasteiger partial charge in [-0.25, -0.2) is 9.59 Å². The van der Waals surface area contributed by atoms with Gasteiger partial charge in [-0.15, -0.1) is 0 Å². The van der Waals surface area contributed by atoms with Crippen molar-refractivity contribution in [2.24, 2.45) is 0 Å². The number of nitrogens with zero attached hydrogens (tertiary/aromatic N) is 3. The van der Waals surface area contributed by atoms with Gasteiger partial charge in [0.25, 0.3) is 0 Å². The Balaban J connectivity index is 0.000000481. The highest BCUT2D eigenvalue weighted by Crippen LogP contribution is 2.22. The number of anilines is 1. The van der Waals surface area contributed by atoms with Crippen LogP contribution in [0.25, 0.3) is 10.9 Å². The predicted octanol–water partition coefficient (Wildman–Crippen LogP) is 3.05. The summed E-state index contributed by atoms with van der Waals surface area (Å²) in [6, 6.07) is 15.6. The van der Waals surface area contributed by atoms with Crippen molar-refractivity contribution < 1.29 is 24.9 Å². The third-order valence-corrected chi connectivity index (χ3v) is 5.84. The first-order valence-electron chi connectivity index (χ1n) is 11.1. The number of carboxylic acid groups (broad SMARTS) is 2. The number of aromatic amines is 1. The summed E-state index contributed by atoms with van der Waals surface area (Å²) in [5.74, 6) is -3.33. The molecule has 2 aromatic carbocycles. The lowest BCUT2D eigenvalue weighted by Gasteiger charge is -2.36. The maximum Gasteiger partial charge on any atom is 0.414 e.